The highest BCUT2D eigenvalue weighted by molar-refractivity contribution is 4.91. The van der Waals surface area contributed by atoms with Gasteiger partial charge in [-0.25, -0.2) is 0 Å². The molecule has 3 nitrogen and oxygen atoms in total. The lowest BCUT2D eigenvalue weighted by atomic mass is 9.91. The molecule has 2 atom stereocenters. The number of aliphatic hydroxyl groups excluding tert-OH is 1. The van der Waals surface area contributed by atoms with Crippen LogP contribution in [0.3, 0.4) is 0 Å². The third kappa shape index (κ3) is 2.58. The summed E-state index contributed by atoms with van der Waals surface area (Å²) in [5, 5.41) is 9.56. The van der Waals surface area contributed by atoms with E-state index in [4.69, 9.17) is 0 Å². The van der Waals surface area contributed by atoms with Crippen molar-refractivity contribution < 1.29 is 5.11 Å². The van der Waals surface area contributed by atoms with Crippen molar-refractivity contribution in [3.8, 4) is 0 Å². The molecule has 1 saturated carbocycles. The highest BCUT2D eigenvalue weighted by Crippen LogP contribution is 2.28. The van der Waals surface area contributed by atoms with E-state index in [1.807, 2.05) is 0 Å². The van der Waals surface area contributed by atoms with Crippen LogP contribution in [0.1, 0.15) is 39.0 Å². The number of aliphatic hydroxyl groups is 1. The molecule has 0 aromatic carbocycles. The fraction of sp³-hybridized carbons (Fsp3) is 1.00. The predicted octanol–water partition coefficient (Wildman–Crippen LogP) is 1.32. The Morgan fingerprint density at radius 3 is 2.44 bits per heavy atom. The molecule has 2 rings (SSSR count). The van der Waals surface area contributed by atoms with Gasteiger partial charge in [0.15, 0.2) is 0 Å². The van der Waals surface area contributed by atoms with Crippen molar-refractivity contribution in [3.63, 3.8) is 0 Å². The molecule has 0 aromatic rings. The van der Waals surface area contributed by atoms with Crippen LogP contribution in [-0.4, -0.2) is 59.8 Å². The maximum atomic E-state index is 9.56. The molecule has 3 heteroatoms. The van der Waals surface area contributed by atoms with E-state index in [0.29, 0.717) is 18.7 Å². The molecule has 1 heterocycles. The lowest BCUT2D eigenvalue weighted by Gasteiger charge is -2.49. The summed E-state index contributed by atoms with van der Waals surface area (Å²) >= 11 is 0. The predicted molar refractivity (Wildman–Crippen MR) is 66.5 cm³/mol. The molecular formula is C13H26N2O. The number of nitrogens with zero attached hydrogens (tertiary/aromatic N) is 2. The van der Waals surface area contributed by atoms with Crippen molar-refractivity contribution in [2.45, 2.75) is 57.2 Å². The second kappa shape index (κ2) is 5.48. The van der Waals surface area contributed by atoms with E-state index in [1.54, 1.807) is 0 Å². The average molecular weight is 226 g/mol. The second-order valence-corrected chi connectivity index (χ2v) is 5.65. The zero-order valence-corrected chi connectivity index (χ0v) is 10.7. The standard InChI is InChI=1S/C13H26N2O/c1-11-8-14(2)9-13(10-16)15(11)12-6-4-3-5-7-12/h11-13,16H,3-10H2,1-2H3. The summed E-state index contributed by atoms with van der Waals surface area (Å²) in [6.45, 7) is 4.79. The summed E-state index contributed by atoms with van der Waals surface area (Å²) < 4.78 is 0. The topological polar surface area (TPSA) is 26.7 Å². The van der Waals surface area contributed by atoms with E-state index >= 15 is 0 Å². The van der Waals surface area contributed by atoms with Crippen molar-refractivity contribution >= 4 is 0 Å². The molecule has 1 aliphatic carbocycles. The van der Waals surface area contributed by atoms with Gasteiger partial charge in [-0.2, -0.15) is 0 Å². The van der Waals surface area contributed by atoms with Gasteiger partial charge in [0.25, 0.3) is 0 Å². The molecule has 0 bridgehead atoms. The van der Waals surface area contributed by atoms with Crippen LogP contribution in [0.2, 0.25) is 0 Å². The van der Waals surface area contributed by atoms with Crippen LogP contribution in [0.25, 0.3) is 0 Å². The molecule has 0 spiro atoms. The van der Waals surface area contributed by atoms with Gasteiger partial charge >= 0.3 is 0 Å². The normalized spacial score (nSPS) is 35.4. The van der Waals surface area contributed by atoms with E-state index in [9.17, 15) is 5.11 Å². The summed E-state index contributed by atoms with van der Waals surface area (Å²) in [4.78, 5) is 4.96. The van der Waals surface area contributed by atoms with Gasteiger partial charge in [-0.05, 0) is 26.8 Å². The highest BCUT2D eigenvalue weighted by Gasteiger charge is 2.35. The lowest BCUT2D eigenvalue weighted by Crippen LogP contribution is -2.61. The molecule has 1 N–H and O–H groups in total. The Morgan fingerprint density at radius 1 is 1.12 bits per heavy atom. The second-order valence-electron chi connectivity index (χ2n) is 5.65. The van der Waals surface area contributed by atoms with Gasteiger partial charge in [-0.3, -0.25) is 4.90 Å². The Morgan fingerprint density at radius 2 is 1.81 bits per heavy atom. The zero-order valence-electron chi connectivity index (χ0n) is 10.7. The Bertz CT molecular complexity index is 214. The Hall–Kier alpha value is -0.120. The highest BCUT2D eigenvalue weighted by atomic mass is 16.3. The van der Waals surface area contributed by atoms with E-state index in [1.165, 1.54) is 32.1 Å². The summed E-state index contributed by atoms with van der Waals surface area (Å²) in [5.41, 5.74) is 0. The molecule has 0 radical (unpaired) electrons. The van der Waals surface area contributed by atoms with Crippen LogP contribution in [0.5, 0.6) is 0 Å². The molecule has 1 saturated heterocycles. The fourth-order valence-corrected chi connectivity index (χ4v) is 3.62. The molecule has 16 heavy (non-hydrogen) atoms. The van der Waals surface area contributed by atoms with Crippen LogP contribution >= 0.6 is 0 Å². The molecule has 2 unspecified atom stereocenters. The third-order valence-electron chi connectivity index (χ3n) is 4.24. The molecular weight excluding hydrogens is 200 g/mol. The van der Waals surface area contributed by atoms with Gasteiger partial charge in [0, 0.05) is 31.2 Å². The molecule has 0 aromatic heterocycles. The maximum absolute atomic E-state index is 9.56. The van der Waals surface area contributed by atoms with E-state index in [0.717, 1.165) is 19.1 Å². The average Bonchev–Trinajstić information content (AvgIpc) is 2.29. The Balaban J connectivity index is 2.03. The third-order valence-corrected chi connectivity index (χ3v) is 4.24. The molecule has 2 aliphatic rings. The van der Waals surface area contributed by atoms with E-state index < -0.39 is 0 Å². The Labute approximate surface area is 99.4 Å². The molecule has 94 valence electrons. The number of piperazine rings is 1. The summed E-state index contributed by atoms with van der Waals surface area (Å²) in [7, 11) is 2.16. The van der Waals surface area contributed by atoms with E-state index in [-0.39, 0.29) is 0 Å². The van der Waals surface area contributed by atoms with Gasteiger partial charge in [0.05, 0.1) is 6.61 Å². The Kier molecular flexibility index (Phi) is 4.22. The summed E-state index contributed by atoms with van der Waals surface area (Å²) in [6.07, 6.45) is 6.83. The van der Waals surface area contributed by atoms with Gasteiger partial charge in [0.1, 0.15) is 0 Å². The van der Waals surface area contributed by atoms with E-state index in [2.05, 4.69) is 23.8 Å². The molecule has 2 fully saturated rings. The van der Waals surface area contributed by atoms with Crippen LogP contribution < -0.4 is 0 Å². The van der Waals surface area contributed by atoms with Crippen molar-refractivity contribution in [2.24, 2.45) is 0 Å². The first-order valence-electron chi connectivity index (χ1n) is 6.79. The minimum absolute atomic E-state index is 0.311. The minimum Gasteiger partial charge on any atom is -0.395 e. The maximum Gasteiger partial charge on any atom is 0.0599 e. The number of hydrogen-bond acceptors (Lipinski definition) is 3. The van der Waals surface area contributed by atoms with Crippen LogP contribution in [-0.2, 0) is 0 Å². The van der Waals surface area contributed by atoms with Crippen LogP contribution in [0, 0.1) is 0 Å². The number of rotatable bonds is 2. The lowest BCUT2D eigenvalue weighted by molar-refractivity contribution is -0.0251. The van der Waals surface area contributed by atoms with Gasteiger partial charge in [0.2, 0.25) is 0 Å². The van der Waals surface area contributed by atoms with Crippen molar-refractivity contribution in [2.75, 3.05) is 26.7 Å². The van der Waals surface area contributed by atoms with Crippen molar-refractivity contribution in [1.29, 1.82) is 0 Å². The smallest absolute Gasteiger partial charge is 0.0599 e. The first-order valence-corrected chi connectivity index (χ1v) is 6.79. The number of likely N-dealkylation sites (N-methyl/N-ethyl adjacent to an activating group) is 1. The van der Waals surface area contributed by atoms with Crippen molar-refractivity contribution in [1.82, 2.24) is 9.80 Å². The SMILES string of the molecule is CC1CN(C)CC(CO)N1C1CCCCC1. The quantitative estimate of drug-likeness (QED) is 0.769. The monoisotopic (exact) mass is 226 g/mol. The molecule has 1 aliphatic heterocycles. The molecule has 0 amide bonds. The van der Waals surface area contributed by atoms with Gasteiger partial charge in [-0.1, -0.05) is 19.3 Å². The fourth-order valence-electron chi connectivity index (χ4n) is 3.62. The zero-order chi connectivity index (χ0) is 11.5. The van der Waals surface area contributed by atoms with Gasteiger partial charge in [-0.15, -0.1) is 0 Å². The van der Waals surface area contributed by atoms with Crippen LogP contribution in [0.15, 0.2) is 0 Å². The summed E-state index contributed by atoms with van der Waals surface area (Å²) in [5.74, 6) is 0. The van der Waals surface area contributed by atoms with Crippen molar-refractivity contribution in [3.05, 3.63) is 0 Å². The van der Waals surface area contributed by atoms with Gasteiger partial charge < -0.3 is 10.0 Å². The summed E-state index contributed by atoms with van der Waals surface area (Å²) in [6, 6.07) is 1.69. The first-order chi connectivity index (χ1) is 7.72. The largest absolute Gasteiger partial charge is 0.395 e. The number of hydrogen-bond donors (Lipinski definition) is 1. The van der Waals surface area contributed by atoms with Crippen LogP contribution in [0.4, 0.5) is 0 Å². The first kappa shape index (κ1) is 12.3. The minimum atomic E-state index is 0.311.